The first kappa shape index (κ1) is 33.7. The highest BCUT2D eigenvalue weighted by atomic mass is 32.2. The van der Waals surface area contributed by atoms with Crippen molar-refractivity contribution >= 4 is 16.0 Å². The molecule has 2 fully saturated rings. The van der Waals surface area contributed by atoms with Gasteiger partial charge in [-0.2, -0.15) is 8.42 Å². The number of likely N-dealkylation sites (tertiary alicyclic amines) is 1. The highest BCUT2D eigenvalue weighted by Gasteiger charge is 2.36. The van der Waals surface area contributed by atoms with Gasteiger partial charge in [-0.05, 0) is 36.7 Å². The number of piperidine rings is 1. The van der Waals surface area contributed by atoms with E-state index in [0.29, 0.717) is 12.8 Å². The van der Waals surface area contributed by atoms with E-state index in [2.05, 4.69) is 6.92 Å². The van der Waals surface area contributed by atoms with E-state index in [9.17, 15) is 30.8 Å². The number of nitrogens with zero attached hydrogens (tertiary/aromatic N) is 1. The normalized spacial score (nSPS) is 17.1. The molecule has 0 radical (unpaired) electrons. The summed E-state index contributed by atoms with van der Waals surface area (Å²) in [5.41, 5.74) is -0.409. The van der Waals surface area contributed by atoms with Gasteiger partial charge >= 0.3 is 10.1 Å². The summed E-state index contributed by atoms with van der Waals surface area (Å²) in [7, 11) is -5.57. The first-order valence-electron chi connectivity index (χ1n) is 14.2. The Morgan fingerprint density at radius 3 is 1.77 bits per heavy atom. The number of halogens is 4. The zero-order valence-corrected chi connectivity index (χ0v) is 24.4. The van der Waals surface area contributed by atoms with Crippen molar-refractivity contribution in [3.8, 4) is 0 Å². The van der Waals surface area contributed by atoms with E-state index in [0.717, 1.165) is 22.8 Å². The standard InChI is InChI=1S/C19H17F4NO4S.C9H18.C2H6/c20-14-13(15(21)17(23)18(16(14)22)29(26,27)28)19(25)24-8-6-12(7-9-24)10-11-4-2-1-3-5-11;1-9-7-5-3-2-4-6-8-9;1-2/h1-5,12H,6-10H2,(H,26,27,28);9H,2-8H2,1H3;1-2H3. The average molecular weight is 588 g/mol. The molecule has 0 unspecified atom stereocenters. The fourth-order valence-corrected chi connectivity index (χ4v) is 5.76. The maximum Gasteiger partial charge on any atom is 0.300 e. The van der Waals surface area contributed by atoms with Crippen molar-refractivity contribution in [2.75, 3.05) is 13.1 Å². The van der Waals surface area contributed by atoms with Crippen molar-refractivity contribution < 1.29 is 35.3 Å². The lowest BCUT2D eigenvalue weighted by Crippen LogP contribution is -2.40. The Morgan fingerprint density at radius 2 is 1.30 bits per heavy atom. The minimum Gasteiger partial charge on any atom is -0.338 e. The largest absolute Gasteiger partial charge is 0.338 e. The van der Waals surface area contributed by atoms with Gasteiger partial charge in [0.25, 0.3) is 5.91 Å². The summed E-state index contributed by atoms with van der Waals surface area (Å²) in [6, 6.07) is 9.62. The molecule has 1 aliphatic carbocycles. The van der Waals surface area contributed by atoms with Crippen molar-refractivity contribution in [3.05, 3.63) is 64.7 Å². The van der Waals surface area contributed by atoms with Crippen LogP contribution in [-0.4, -0.2) is 36.9 Å². The number of carbonyl (C=O) groups is 1. The van der Waals surface area contributed by atoms with E-state index in [1.165, 1.54) is 44.9 Å². The third-order valence-electron chi connectivity index (χ3n) is 7.36. The fraction of sp³-hybridized carbons (Fsp3) is 0.567. The Morgan fingerprint density at radius 1 is 0.825 bits per heavy atom. The van der Waals surface area contributed by atoms with E-state index >= 15 is 0 Å². The maximum atomic E-state index is 14.2. The molecule has 5 nitrogen and oxygen atoms in total. The number of benzene rings is 2. The number of amides is 1. The molecule has 1 saturated heterocycles. The van der Waals surface area contributed by atoms with Crippen LogP contribution in [0, 0.1) is 35.1 Å². The summed E-state index contributed by atoms with van der Waals surface area (Å²) in [6.07, 6.45) is 12.2. The Bertz CT molecular complexity index is 1160. The molecule has 0 atom stereocenters. The summed E-state index contributed by atoms with van der Waals surface area (Å²) in [6.45, 7) is 6.64. The number of carbonyl (C=O) groups excluding carboxylic acids is 1. The molecular formula is C30H41F4NO4S. The van der Waals surface area contributed by atoms with Crippen molar-refractivity contribution in [1.82, 2.24) is 4.90 Å². The lowest BCUT2D eigenvalue weighted by molar-refractivity contribution is 0.0677. The van der Waals surface area contributed by atoms with E-state index in [4.69, 9.17) is 4.55 Å². The van der Waals surface area contributed by atoms with Crippen LogP contribution in [0.1, 0.15) is 94.5 Å². The zero-order valence-electron chi connectivity index (χ0n) is 23.6. The van der Waals surface area contributed by atoms with Crippen LogP contribution in [0.25, 0.3) is 0 Å². The van der Waals surface area contributed by atoms with Crippen LogP contribution in [-0.2, 0) is 16.5 Å². The van der Waals surface area contributed by atoms with Crippen LogP contribution in [0.15, 0.2) is 35.2 Å². The van der Waals surface area contributed by atoms with Crippen LogP contribution in [0.5, 0.6) is 0 Å². The monoisotopic (exact) mass is 587 g/mol. The molecule has 2 aromatic carbocycles. The summed E-state index contributed by atoms with van der Waals surface area (Å²) in [5.74, 6) is -9.03. The molecule has 1 aliphatic heterocycles. The second-order valence-corrected chi connectivity index (χ2v) is 11.7. The smallest absolute Gasteiger partial charge is 0.300 e. The molecule has 1 saturated carbocycles. The van der Waals surface area contributed by atoms with Gasteiger partial charge in [-0.15, -0.1) is 0 Å². The summed E-state index contributed by atoms with van der Waals surface area (Å²) >= 11 is 0. The Balaban J connectivity index is 0.000000428. The van der Waals surface area contributed by atoms with Gasteiger partial charge in [-0.1, -0.05) is 96.0 Å². The predicted molar refractivity (Wildman–Crippen MR) is 148 cm³/mol. The van der Waals surface area contributed by atoms with Crippen LogP contribution in [0.3, 0.4) is 0 Å². The van der Waals surface area contributed by atoms with Crippen LogP contribution in [0.2, 0.25) is 0 Å². The molecule has 10 heteroatoms. The Labute approximate surface area is 235 Å². The molecule has 2 aromatic rings. The molecule has 2 aliphatic rings. The van der Waals surface area contributed by atoms with Crippen LogP contribution >= 0.6 is 0 Å². The van der Waals surface area contributed by atoms with Crippen LogP contribution in [0.4, 0.5) is 17.6 Å². The molecule has 0 bridgehead atoms. The third kappa shape index (κ3) is 9.29. The summed E-state index contributed by atoms with van der Waals surface area (Å²) in [4.78, 5) is 11.4. The molecular weight excluding hydrogens is 546 g/mol. The summed E-state index contributed by atoms with van der Waals surface area (Å²) in [5, 5.41) is 0. The number of rotatable bonds is 4. The van der Waals surface area contributed by atoms with Gasteiger partial charge in [-0.3, -0.25) is 9.35 Å². The molecule has 40 heavy (non-hydrogen) atoms. The predicted octanol–water partition coefficient (Wildman–Crippen LogP) is 7.98. The highest BCUT2D eigenvalue weighted by molar-refractivity contribution is 7.85. The Hall–Kier alpha value is -2.46. The lowest BCUT2D eigenvalue weighted by Gasteiger charge is -2.32. The summed E-state index contributed by atoms with van der Waals surface area (Å²) < 4.78 is 87.1. The minimum absolute atomic E-state index is 0.124. The van der Waals surface area contributed by atoms with Gasteiger partial charge in [0.1, 0.15) is 5.56 Å². The molecule has 1 heterocycles. The van der Waals surface area contributed by atoms with E-state index in [-0.39, 0.29) is 19.0 Å². The Kier molecular flexibility index (Phi) is 13.6. The maximum absolute atomic E-state index is 14.2. The molecule has 1 N–H and O–H groups in total. The third-order valence-corrected chi connectivity index (χ3v) is 8.23. The van der Waals surface area contributed by atoms with Gasteiger partial charge in [0.05, 0.1) is 0 Å². The SMILES string of the molecule is CC.CC1CCCCCCC1.O=C(c1c(F)c(F)c(S(=O)(=O)O)c(F)c1F)N1CCC(Cc2ccccc2)CC1. The first-order valence-corrected chi connectivity index (χ1v) is 15.6. The van der Waals surface area contributed by atoms with Gasteiger partial charge < -0.3 is 4.90 Å². The average Bonchev–Trinajstić information content (AvgIpc) is 2.91. The van der Waals surface area contributed by atoms with Crippen LogP contribution < -0.4 is 0 Å². The highest BCUT2D eigenvalue weighted by Crippen LogP contribution is 2.30. The van der Waals surface area contributed by atoms with Crippen molar-refractivity contribution in [2.45, 2.75) is 89.9 Å². The van der Waals surface area contributed by atoms with Gasteiger partial charge in [0.2, 0.25) is 0 Å². The molecule has 1 amide bonds. The zero-order chi connectivity index (χ0) is 29.9. The second-order valence-electron chi connectivity index (χ2n) is 10.3. The van der Waals surface area contributed by atoms with Gasteiger partial charge in [0, 0.05) is 13.1 Å². The lowest BCUT2D eigenvalue weighted by atomic mass is 9.90. The van der Waals surface area contributed by atoms with Crippen molar-refractivity contribution in [3.63, 3.8) is 0 Å². The van der Waals surface area contributed by atoms with Gasteiger partial charge in [0.15, 0.2) is 28.2 Å². The molecule has 0 spiro atoms. The van der Waals surface area contributed by atoms with Crippen molar-refractivity contribution in [2.24, 2.45) is 11.8 Å². The number of hydrogen-bond donors (Lipinski definition) is 1. The number of hydrogen-bond acceptors (Lipinski definition) is 3. The molecule has 4 rings (SSSR count). The van der Waals surface area contributed by atoms with E-state index in [1.807, 2.05) is 44.2 Å². The topological polar surface area (TPSA) is 74.7 Å². The van der Waals surface area contributed by atoms with E-state index in [1.54, 1.807) is 0 Å². The quantitative estimate of drug-likeness (QED) is 0.224. The molecule has 0 aromatic heterocycles. The van der Waals surface area contributed by atoms with Crippen molar-refractivity contribution in [1.29, 1.82) is 0 Å². The fourth-order valence-electron chi connectivity index (χ4n) is 5.13. The molecule has 224 valence electrons. The van der Waals surface area contributed by atoms with E-state index < -0.39 is 49.8 Å². The first-order chi connectivity index (χ1) is 19.0. The second kappa shape index (κ2) is 16.1. The van der Waals surface area contributed by atoms with Gasteiger partial charge in [-0.25, -0.2) is 17.6 Å². The minimum atomic E-state index is -5.57.